The van der Waals surface area contributed by atoms with Crippen LogP contribution in [0.2, 0.25) is 10.0 Å². The van der Waals surface area contributed by atoms with Gasteiger partial charge in [0.05, 0.1) is 28.8 Å². The number of carbonyl (C=O) groups is 2. The Labute approximate surface area is 125 Å². The van der Waals surface area contributed by atoms with Crippen LogP contribution < -0.4 is 5.32 Å². The Morgan fingerprint density at radius 3 is 2.74 bits per heavy atom. The Bertz CT molecular complexity index is 468. The maximum Gasteiger partial charge on any atom is 0.315 e. The van der Waals surface area contributed by atoms with Crippen LogP contribution in [0.4, 0.5) is 5.69 Å². The van der Waals surface area contributed by atoms with Gasteiger partial charge in [-0.05, 0) is 25.1 Å². The molecule has 0 radical (unpaired) electrons. The number of anilines is 1. The summed E-state index contributed by atoms with van der Waals surface area (Å²) in [6.07, 6.45) is 0. The van der Waals surface area contributed by atoms with Crippen LogP contribution in [0.15, 0.2) is 18.2 Å². The first-order valence-corrected chi connectivity index (χ1v) is 7.42. The topological polar surface area (TPSA) is 55.4 Å². The predicted molar refractivity (Wildman–Crippen MR) is 79.0 cm³/mol. The van der Waals surface area contributed by atoms with E-state index in [1.165, 1.54) is 11.8 Å². The lowest BCUT2D eigenvalue weighted by molar-refractivity contribution is -0.139. The fourth-order valence-electron chi connectivity index (χ4n) is 1.21. The molecule has 4 nitrogen and oxygen atoms in total. The smallest absolute Gasteiger partial charge is 0.315 e. The first-order valence-electron chi connectivity index (χ1n) is 5.51. The maximum atomic E-state index is 11.6. The number of rotatable bonds is 6. The third kappa shape index (κ3) is 6.18. The molecule has 0 bridgehead atoms. The monoisotopic (exact) mass is 321 g/mol. The van der Waals surface area contributed by atoms with Crippen LogP contribution in [-0.2, 0) is 14.3 Å². The molecule has 7 heteroatoms. The number of hydrogen-bond acceptors (Lipinski definition) is 4. The summed E-state index contributed by atoms with van der Waals surface area (Å²) in [5.41, 5.74) is 0.455. The second kappa shape index (κ2) is 8.30. The first kappa shape index (κ1) is 16.1. The molecule has 1 rings (SSSR count). The summed E-state index contributed by atoms with van der Waals surface area (Å²) >= 11 is 12.9. The minimum absolute atomic E-state index is 0.141. The van der Waals surface area contributed by atoms with Crippen molar-refractivity contribution in [1.29, 1.82) is 0 Å². The largest absolute Gasteiger partial charge is 0.465 e. The van der Waals surface area contributed by atoms with Crippen molar-refractivity contribution in [3.05, 3.63) is 28.2 Å². The number of nitrogens with one attached hydrogen (secondary N) is 1. The summed E-state index contributed by atoms with van der Waals surface area (Å²) in [7, 11) is 0. The number of hydrogen-bond donors (Lipinski definition) is 1. The van der Waals surface area contributed by atoms with Crippen molar-refractivity contribution in [3.63, 3.8) is 0 Å². The first-order chi connectivity index (χ1) is 9.02. The molecule has 1 aromatic rings. The molecule has 0 saturated heterocycles. The molecule has 104 valence electrons. The Morgan fingerprint density at radius 2 is 2.05 bits per heavy atom. The number of halogens is 2. The van der Waals surface area contributed by atoms with Gasteiger partial charge in [-0.1, -0.05) is 23.2 Å². The van der Waals surface area contributed by atoms with E-state index in [0.717, 1.165) is 0 Å². The lowest BCUT2D eigenvalue weighted by Crippen LogP contribution is -2.16. The molecule has 19 heavy (non-hydrogen) atoms. The number of thioether (sulfide) groups is 1. The second-order valence-electron chi connectivity index (χ2n) is 3.47. The standard InChI is InChI=1S/C12H13Cl2NO3S/c1-2-18-12(17)7-19-6-11(16)15-10-5-8(13)3-4-9(10)14/h3-5H,2,6-7H2,1H3,(H,15,16). The highest BCUT2D eigenvalue weighted by Crippen LogP contribution is 2.25. The average molecular weight is 322 g/mol. The Hall–Kier alpha value is -0.910. The molecule has 0 aliphatic rings. The summed E-state index contributed by atoms with van der Waals surface area (Å²) in [6, 6.07) is 4.80. The van der Waals surface area contributed by atoms with E-state index in [0.29, 0.717) is 22.3 Å². The van der Waals surface area contributed by atoms with Crippen LogP contribution in [0.25, 0.3) is 0 Å². The van der Waals surface area contributed by atoms with Crippen LogP contribution in [0.1, 0.15) is 6.92 Å². The van der Waals surface area contributed by atoms with Crippen LogP contribution in [-0.4, -0.2) is 30.0 Å². The van der Waals surface area contributed by atoms with Gasteiger partial charge in [-0.15, -0.1) is 11.8 Å². The number of amides is 1. The molecule has 0 spiro atoms. The minimum atomic E-state index is -0.332. The van der Waals surface area contributed by atoms with Gasteiger partial charge in [0.1, 0.15) is 0 Å². The van der Waals surface area contributed by atoms with Crippen LogP contribution >= 0.6 is 35.0 Å². The lowest BCUT2D eigenvalue weighted by atomic mass is 10.3. The van der Waals surface area contributed by atoms with Gasteiger partial charge in [-0.3, -0.25) is 9.59 Å². The van der Waals surface area contributed by atoms with Gasteiger partial charge in [0.15, 0.2) is 0 Å². The normalized spacial score (nSPS) is 10.1. The van der Waals surface area contributed by atoms with Crippen molar-refractivity contribution >= 4 is 52.5 Å². The molecule has 0 atom stereocenters. The van der Waals surface area contributed by atoms with E-state index in [1.807, 2.05) is 0 Å². The zero-order chi connectivity index (χ0) is 14.3. The summed E-state index contributed by atoms with van der Waals surface area (Å²) in [5.74, 6) is -0.300. The number of carbonyl (C=O) groups excluding carboxylic acids is 2. The van der Waals surface area contributed by atoms with Crippen molar-refractivity contribution < 1.29 is 14.3 Å². The molecule has 1 N–H and O–H groups in total. The summed E-state index contributed by atoms with van der Waals surface area (Å²) in [4.78, 5) is 22.7. The van der Waals surface area contributed by atoms with Gasteiger partial charge in [-0.2, -0.15) is 0 Å². The zero-order valence-corrected chi connectivity index (χ0v) is 12.6. The van der Waals surface area contributed by atoms with Crippen molar-refractivity contribution in [1.82, 2.24) is 0 Å². The molecule has 0 saturated carbocycles. The molecule has 0 unspecified atom stereocenters. The van der Waals surface area contributed by atoms with E-state index >= 15 is 0 Å². The zero-order valence-electron chi connectivity index (χ0n) is 10.2. The molecular formula is C12H13Cl2NO3S. The predicted octanol–water partition coefficient (Wildman–Crippen LogP) is 3.23. The Balaban J connectivity index is 2.39. The summed E-state index contributed by atoms with van der Waals surface area (Å²) in [5, 5.41) is 3.52. The van der Waals surface area contributed by atoms with E-state index in [2.05, 4.69) is 5.32 Å². The minimum Gasteiger partial charge on any atom is -0.465 e. The third-order valence-corrected chi connectivity index (χ3v) is 3.43. The molecule has 0 aliphatic heterocycles. The van der Waals surface area contributed by atoms with Crippen molar-refractivity contribution in [2.75, 3.05) is 23.4 Å². The summed E-state index contributed by atoms with van der Waals surface area (Å²) in [6.45, 7) is 2.07. The maximum absolute atomic E-state index is 11.6. The molecule has 0 aliphatic carbocycles. The van der Waals surface area contributed by atoms with Crippen molar-refractivity contribution in [2.45, 2.75) is 6.92 Å². The summed E-state index contributed by atoms with van der Waals surface area (Å²) < 4.78 is 4.75. The lowest BCUT2D eigenvalue weighted by Gasteiger charge is -2.07. The Morgan fingerprint density at radius 1 is 1.32 bits per heavy atom. The number of benzene rings is 1. The van der Waals surface area contributed by atoms with Crippen molar-refractivity contribution in [3.8, 4) is 0 Å². The fourth-order valence-corrected chi connectivity index (χ4v) is 2.16. The van der Waals surface area contributed by atoms with Gasteiger partial charge < -0.3 is 10.1 Å². The molecule has 1 amide bonds. The van der Waals surface area contributed by atoms with Crippen molar-refractivity contribution in [2.24, 2.45) is 0 Å². The number of esters is 1. The van der Waals surface area contributed by atoms with E-state index in [9.17, 15) is 9.59 Å². The fraction of sp³-hybridized carbons (Fsp3) is 0.333. The van der Waals surface area contributed by atoms with Gasteiger partial charge >= 0.3 is 5.97 Å². The average Bonchev–Trinajstić information content (AvgIpc) is 2.34. The quantitative estimate of drug-likeness (QED) is 0.817. The van der Waals surface area contributed by atoms with E-state index < -0.39 is 0 Å². The van der Waals surface area contributed by atoms with E-state index in [-0.39, 0.29) is 23.4 Å². The van der Waals surface area contributed by atoms with Crippen LogP contribution in [0, 0.1) is 0 Å². The molecule has 0 aromatic heterocycles. The van der Waals surface area contributed by atoms with Crippen LogP contribution in [0.5, 0.6) is 0 Å². The highest BCUT2D eigenvalue weighted by Gasteiger charge is 2.08. The third-order valence-electron chi connectivity index (χ3n) is 1.96. The molecular weight excluding hydrogens is 309 g/mol. The van der Waals surface area contributed by atoms with E-state index in [4.69, 9.17) is 27.9 Å². The van der Waals surface area contributed by atoms with E-state index in [1.54, 1.807) is 25.1 Å². The molecule has 1 aromatic carbocycles. The van der Waals surface area contributed by atoms with Gasteiger partial charge in [0.25, 0.3) is 0 Å². The highest BCUT2D eigenvalue weighted by atomic mass is 35.5. The van der Waals surface area contributed by atoms with Gasteiger partial charge in [0.2, 0.25) is 5.91 Å². The Kier molecular flexibility index (Phi) is 7.05. The SMILES string of the molecule is CCOC(=O)CSCC(=O)Nc1cc(Cl)ccc1Cl. The highest BCUT2D eigenvalue weighted by molar-refractivity contribution is 8.00. The second-order valence-corrected chi connectivity index (χ2v) is 5.30. The van der Waals surface area contributed by atoms with Gasteiger partial charge in [-0.25, -0.2) is 0 Å². The molecule has 0 fully saturated rings. The molecule has 0 heterocycles. The van der Waals surface area contributed by atoms with Crippen LogP contribution in [0.3, 0.4) is 0 Å². The van der Waals surface area contributed by atoms with Gasteiger partial charge in [0, 0.05) is 5.02 Å². The number of ether oxygens (including phenoxy) is 1.